The maximum absolute atomic E-state index is 14.1. The number of alkyl carbamates (subject to hydrolysis) is 1. The van der Waals surface area contributed by atoms with E-state index < -0.39 is 12.1 Å². The van der Waals surface area contributed by atoms with Gasteiger partial charge in [0.15, 0.2) is 5.78 Å². The number of carbonyl (C=O) groups is 2. The van der Waals surface area contributed by atoms with Crippen molar-refractivity contribution in [3.8, 4) is 0 Å². The van der Waals surface area contributed by atoms with Crippen LogP contribution in [0.15, 0.2) is 109 Å². The molecular formula is C38H41ClN2O4. The molecule has 4 aromatic carbocycles. The van der Waals surface area contributed by atoms with E-state index in [0.29, 0.717) is 0 Å². The minimum atomic E-state index is -0.817. The number of ether oxygens (including phenoxy) is 2. The summed E-state index contributed by atoms with van der Waals surface area (Å²) in [5.74, 6) is -0.457. The Morgan fingerprint density at radius 1 is 0.800 bits per heavy atom. The highest BCUT2D eigenvalue weighted by molar-refractivity contribution is 6.30. The molecule has 0 aromatic heterocycles. The molecule has 4 aromatic rings. The minimum Gasteiger partial charge on any atom is -0.453 e. The van der Waals surface area contributed by atoms with E-state index in [4.69, 9.17) is 21.1 Å². The maximum atomic E-state index is 14.1. The van der Waals surface area contributed by atoms with Crippen molar-refractivity contribution in [1.29, 1.82) is 0 Å². The number of hydrogen-bond acceptors (Lipinski definition) is 5. The summed E-state index contributed by atoms with van der Waals surface area (Å²) < 4.78 is 11.4. The van der Waals surface area contributed by atoms with E-state index in [1.54, 1.807) is 0 Å². The smallest absolute Gasteiger partial charge is 0.407 e. The largest absolute Gasteiger partial charge is 0.453 e. The molecule has 0 spiro atoms. The van der Waals surface area contributed by atoms with Crippen LogP contribution in [0.5, 0.6) is 0 Å². The molecule has 1 saturated heterocycles. The Balaban J connectivity index is 1.27. The Hall–Kier alpha value is -3.97. The summed E-state index contributed by atoms with van der Waals surface area (Å²) >= 11 is 6.03. The van der Waals surface area contributed by atoms with Gasteiger partial charge < -0.3 is 20.1 Å². The Bertz CT molecular complexity index is 1470. The molecular weight excluding hydrogens is 584 g/mol. The van der Waals surface area contributed by atoms with Gasteiger partial charge in [-0.1, -0.05) is 109 Å². The van der Waals surface area contributed by atoms with Crippen molar-refractivity contribution in [2.45, 2.75) is 56.3 Å². The lowest BCUT2D eigenvalue weighted by Crippen LogP contribution is -2.46. The summed E-state index contributed by atoms with van der Waals surface area (Å²) in [6.45, 7) is 1.65. The number of halogens is 1. The lowest BCUT2D eigenvalue weighted by atomic mass is 9.81. The van der Waals surface area contributed by atoms with E-state index in [1.165, 1.54) is 12.7 Å². The summed E-state index contributed by atoms with van der Waals surface area (Å²) in [5, 5.41) is 7.16. The van der Waals surface area contributed by atoms with Crippen molar-refractivity contribution >= 4 is 23.5 Å². The molecule has 0 aliphatic carbocycles. The van der Waals surface area contributed by atoms with Crippen LogP contribution in [0.25, 0.3) is 0 Å². The van der Waals surface area contributed by atoms with Crippen molar-refractivity contribution < 1.29 is 19.1 Å². The van der Waals surface area contributed by atoms with Gasteiger partial charge >= 0.3 is 6.09 Å². The van der Waals surface area contributed by atoms with Gasteiger partial charge in [0, 0.05) is 30.5 Å². The van der Waals surface area contributed by atoms with Gasteiger partial charge in [0.25, 0.3) is 0 Å². The SMILES string of the molecule is COC(=O)N[C@H](C(=O)Cc1ccccc1CC[C@@H]1CNC[C@@H](CCc2ccc(Cl)cc2)O1)C(c1ccccc1)c1ccccc1. The van der Waals surface area contributed by atoms with Gasteiger partial charge in [-0.3, -0.25) is 4.79 Å². The van der Waals surface area contributed by atoms with Gasteiger partial charge in [-0.25, -0.2) is 4.79 Å². The molecule has 45 heavy (non-hydrogen) atoms. The van der Waals surface area contributed by atoms with Gasteiger partial charge in [0.2, 0.25) is 0 Å². The third-order valence-corrected chi connectivity index (χ3v) is 8.72. The summed E-state index contributed by atoms with van der Waals surface area (Å²) in [5.41, 5.74) is 5.22. The van der Waals surface area contributed by atoms with Crippen molar-refractivity contribution in [3.05, 3.63) is 142 Å². The molecule has 1 heterocycles. The topological polar surface area (TPSA) is 76.7 Å². The monoisotopic (exact) mass is 624 g/mol. The molecule has 1 amide bonds. The molecule has 6 nitrogen and oxygen atoms in total. The minimum absolute atomic E-state index is 0.0802. The first-order valence-electron chi connectivity index (χ1n) is 15.6. The zero-order chi connectivity index (χ0) is 31.4. The van der Waals surface area contributed by atoms with Crippen LogP contribution in [0.4, 0.5) is 4.79 Å². The fraction of sp³-hybridized carbons (Fsp3) is 0.316. The lowest BCUT2D eigenvalue weighted by molar-refractivity contribution is -0.120. The van der Waals surface area contributed by atoms with Crippen LogP contribution in [0.1, 0.15) is 46.6 Å². The Kier molecular flexibility index (Phi) is 11.8. The zero-order valence-corrected chi connectivity index (χ0v) is 26.4. The van der Waals surface area contributed by atoms with Crippen molar-refractivity contribution in [2.75, 3.05) is 20.2 Å². The predicted octanol–water partition coefficient (Wildman–Crippen LogP) is 6.93. The van der Waals surface area contributed by atoms with Crippen LogP contribution >= 0.6 is 11.6 Å². The molecule has 0 radical (unpaired) electrons. The molecule has 2 N–H and O–H groups in total. The number of nitrogens with one attached hydrogen (secondary N) is 2. The second-order valence-corrected chi connectivity index (χ2v) is 12.0. The van der Waals surface area contributed by atoms with Crippen molar-refractivity contribution in [2.24, 2.45) is 0 Å². The van der Waals surface area contributed by atoms with Gasteiger partial charge in [0.1, 0.15) is 6.04 Å². The fourth-order valence-corrected chi connectivity index (χ4v) is 6.24. The highest BCUT2D eigenvalue weighted by atomic mass is 35.5. The van der Waals surface area contributed by atoms with Gasteiger partial charge in [-0.2, -0.15) is 0 Å². The molecule has 5 rings (SSSR count). The second kappa shape index (κ2) is 16.4. The number of benzene rings is 4. The molecule has 0 saturated carbocycles. The number of carbonyl (C=O) groups excluding carboxylic acids is 2. The Morgan fingerprint density at radius 2 is 1.36 bits per heavy atom. The quantitative estimate of drug-likeness (QED) is 0.169. The highest BCUT2D eigenvalue weighted by Gasteiger charge is 2.33. The predicted molar refractivity (Wildman–Crippen MR) is 179 cm³/mol. The number of Topliss-reactive ketones (excluding diaryl/α,β-unsaturated/α-hetero) is 1. The number of rotatable bonds is 13. The summed E-state index contributed by atoms with van der Waals surface area (Å²) in [6, 6.07) is 34.9. The molecule has 1 aliphatic rings. The molecule has 1 aliphatic heterocycles. The zero-order valence-electron chi connectivity index (χ0n) is 25.7. The number of methoxy groups -OCH3 is 1. The van der Waals surface area contributed by atoms with E-state index in [0.717, 1.165) is 66.0 Å². The second-order valence-electron chi connectivity index (χ2n) is 11.6. The first kappa shape index (κ1) is 32.4. The van der Waals surface area contributed by atoms with Crippen LogP contribution < -0.4 is 10.6 Å². The number of morpholine rings is 1. The normalized spacial score (nSPS) is 17.0. The van der Waals surface area contributed by atoms with E-state index >= 15 is 0 Å². The van der Waals surface area contributed by atoms with Crippen molar-refractivity contribution in [1.82, 2.24) is 10.6 Å². The Morgan fingerprint density at radius 3 is 1.96 bits per heavy atom. The van der Waals surface area contributed by atoms with Crippen molar-refractivity contribution in [3.63, 3.8) is 0 Å². The average Bonchev–Trinajstić information content (AvgIpc) is 3.08. The van der Waals surface area contributed by atoms with Crippen LogP contribution in [0.3, 0.4) is 0 Å². The molecule has 0 unspecified atom stereocenters. The van der Waals surface area contributed by atoms with E-state index in [9.17, 15) is 9.59 Å². The maximum Gasteiger partial charge on any atom is 0.407 e. The van der Waals surface area contributed by atoms with Crippen LogP contribution in [0.2, 0.25) is 5.02 Å². The molecule has 7 heteroatoms. The summed E-state index contributed by atoms with van der Waals surface area (Å²) in [6.07, 6.45) is 3.30. The molecule has 1 fully saturated rings. The summed E-state index contributed by atoms with van der Waals surface area (Å²) in [7, 11) is 1.32. The first-order chi connectivity index (χ1) is 22.0. The van der Waals surface area contributed by atoms with E-state index in [-0.39, 0.29) is 30.3 Å². The van der Waals surface area contributed by atoms with E-state index in [1.807, 2.05) is 91.0 Å². The fourth-order valence-electron chi connectivity index (χ4n) is 6.11. The summed E-state index contributed by atoms with van der Waals surface area (Å²) in [4.78, 5) is 26.7. The lowest BCUT2D eigenvalue weighted by Gasteiger charge is -2.31. The highest BCUT2D eigenvalue weighted by Crippen LogP contribution is 2.30. The van der Waals surface area contributed by atoms with Gasteiger partial charge in [-0.05, 0) is 65.6 Å². The third-order valence-electron chi connectivity index (χ3n) is 8.47. The van der Waals surface area contributed by atoms with Crippen LogP contribution in [-0.4, -0.2) is 50.3 Å². The number of hydrogen-bond donors (Lipinski definition) is 2. The third kappa shape index (κ3) is 9.27. The molecule has 0 bridgehead atoms. The van der Waals surface area contributed by atoms with Gasteiger partial charge in [0.05, 0.1) is 19.3 Å². The molecule has 234 valence electrons. The van der Waals surface area contributed by atoms with Crippen LogP contribution in [0, 0.1) is 0 Å². The van der Waals surface area contributed by atoms with Gasteiger partial charge in [-0.15, -0.1) is 0 Å². The Labute approximate surface area is 271 Å². The first-order valence-corrected chi connectivity index (χ1v) is 16.0. The average molecular weight is 625 g/mol. The number of aryl methyl sites for hydroxylation is 2. The number of amides is 1. The molecule has 3 atom stereocenters. The standard InChI is InChI=1S/C38H41ClN2O4/c1-44-38(43)41-37(36(29-11-4-2-5-12-29)30-13-6-3-7-14-30)35(42)24-31-15-9-8-10-28(31)19-23-34-26-40-25-33(45-34)22-18-27-16-20-32(39)21-17-27/h2-17,20-21,33-34,36-37,40H,18-19,22-26H2,1H3,(H,41,43)/t33-,34-,37-/m1/s1. The van der Waals surface area contributed by atoms with E-state index in [2.05, 4.69) is 28.8 Å². The van der Waals surface area contributed by atoms with Crippen LogP contribution in [-0.2, 0) is 33.5 Å². The number of ketones is 1.